The fourth-order valence-corrected chi connectivity index (χ4v) is 6.13. The lowest BCUT2D eigenvalue weighted by atomic mass is 9.92. The van der Waals surface area contributed by atoms with Crippen molar-refractivity contribution in [2.24, 2.45) is 11.8 Å². The van der Waals surface area contributed by atoms with Crippen LogP contribution in [0, 0.1) is 11.8 Å². The lowest BCUT2D eigenvalue weighted by molar-refractivity contribution is -0.136. The van der Waals surface area contributed by atoms with E-state index in [4.69, 9.17) is 0 Å². The van der Waals surface area contributed by atoms with Gasteiger partial charge in [0, 0.05) is 32.1 Å². The molecule has 1 aliphatic heterocycles. The highest BCUT2D eigenvalue weighted by molar-refractivity contribution is 7.89. The minimum Gasteiger partial charge on any atom is -0.342 e. The largest absolute Gasteiger partial charge is 0.342 e. The highest BCUT2D eigenvalue weighted by atomic mass is 32.2. The first-order chi connectivity index (χ1) is 13.5. The van der Waals surface area contributed by atoms with Crippen molar-refractivity contribution in [2.45, 2.75) is 63.2 Å². The van der Waals surface area contributed by atoms with Crippen molar-refractivity contribution in [1.29, 1.82) is 0 Å². The molecule has 1 amide bonds. The lowest BCUT2D eigenvalue weighted by Crippen LogP contribution is -2.44. The van der Waals surface area contributed by atoms with Gasteiger partial charge >= 0.3 is 0 Å². The molecule has 1 aromatic rings. The molecule has 1 aromatic carbocycles. The summed E-state index contributed by atoms with van der Waals surface area (Å²) < 4.78 is 27.8. The van der Waals surface area contributed by atoms with Gasteiger partial charge in [0.1, 0.15) is 0 Å². The summed E-state index contributed by atoms with van der Waals surface area (Å²) in [5, 5.41) is 0. The van der Waals surface area contributed by atoms with Gasteiger partial charge < -0.3 is 4.90 Å². The van der Waals surface area contributed by atoms with Gasteiger partial charge in [0.2, 0.25) is 15.9 Å². The van der Waals surface area contributed by atoms with Gasteiger partial charge in [-0.1, -0.05) is 6.07 Å². The Hall–Kier alpha value is -1.40. The number of nitrogens with zero attached hydrogens (tertiary/aromatic N) is 2. The number of hydrogen-bond donors (Lipinski definition) is 0. The van der Waals surface area contributed by atoms with E-state index in [9.17, 15) is 13.2 Å². The number of benzene rings is 1. The maximum atomic E-state index is 13.1. The zero-order valence-corrected chi connectivity index (χ0v) is 17.7. The van der Waals surface area contributed by atoms with Crippen LogP contribution in [-0.2, 0) is 27.7 Å². The summed E-state index contributed by atoms with van der Waals surface area (Å²) in [7, 11) is -3.47. The molecule has 28 heavy (non-hydrogen) atoms. The Morgan fingerprint density at radius 1 is 1.07 bits per heavy atom. The van der Waals surface area contributed by atoms with Crippen LogP contribution in [0.25, 0.3) is 0 Å². The van der Waals surface area contributed by atoms with Crippen LogP contribution >= 0.6 is 0 Å². The number of amides is 1. The van der Waals surface area contributed by atoms with Crippen LogP contribution in [0.15, 0.2) is 23.1 Å². The number of sulfonamides is 1. The second-order valence-corrected chi connectivity index (χ2v) is 10.6. The van der Waals surface area contributed by atoms with E-state index in [1.165, 1.54) is 30.4 Å². The summed E-state index contributed by atoms with van der Waals surface area (Å²) in [5.74, 6) is 0.877. The van der Waals surface area contributed by atoms with Gasteiger partial charge in [-0.25, -0.2) is 8.42 Å². The van der Waals surface area contributed by atoms with Gasteiger partial charge in [0.05, 0.1) is 4.90 Å². The third kappa shape index (κ3) is 4.13. The number of piperidine rings is 1. The van der Waals surface area contributed by atoms with Crippen molar-refractivity contribution in [1.82, 2.24) is 9.21 Å². The molecule has 0 aromatic heterocycles. The molecule has 0 bridgehead atoms. The van der Waals surface area contributed by atoms with E-state index in [1.54, 1.807) is 10.4 Å². The molecule has 3 aliphatic rings. The molecule has 6 heteroatoms. The van der Waals surface area contributed by atoms with Crippen LogP contribution in [0.2, 0.25) is 0 Å². The Morgan fingerprint density at radius 3 is 2.39 bits per heavy atom. The fraction of sp³-hybridized carbons (Fsp3) is 0.682. The smallest absolute Gasteiger partial charge is 0.243 e. The summed E-state index contributed by atoms with van der Waals surface area (Å²) in [6.07, 6.45) is 8.09. The normalized spacial score (nSPS) is 21.3. The molecule has 0 atom stereocenters. The van der Waals surface area contributed by atoms with Crippen LogP contribution in [0.3, 0.4) is 0 Å². The average Bonchev–Trinajstić information content (AvgIpc) is 3.55. The van der Waals surface area contributed by atoms with Crippen molar-refractivity contribution in [3.63, 3.8) is 0 Å². The van der Waals surface area contributed by atoms with E-state index in [2.05, 4.69) is 0 Å². The molecule has 0 radical (unpaired) electrons. The zero-order valence-electron chi connectivity index (χ0n) is 16.9. The highest BCUT2D eigenvalue weighted by Crippen LogP contribution is 2.32. The van der Waals surface area contributed by atoms with Crippen molar-refractivity contribution in [2.75, 3.05) is 26.2 Å². The van der Waals surface area contributed by atoms with Gasteiger partial charge in [0.15, 0.2) is 0 Å². The van der Waals surface area contributed by atoms with Crippen molar-refractivity contribution >= 4 is 15.9 Å². The molecule has 4 rings (SSSR count). The summed E-state index contributed by atoms with van der Waals surface area (Å²) in [5.41, 5.74) is 2.49. The van der Waals surface area contributed by atoms with E-state index in [-0.39, 0.29) is 11.8 Å². The maximum absolute atomic E-state index is 13.1. The lowest BCUT2D eigenvalue weighted by Gasteiger charge is -2.33. The maximum Gasteiger partial charge on any atom is 0.243 e. The number of fused-ring (bicyclic) bond motifs is 1. The predicted molar refractivity (Wildman–Crippen MR) is 110 cm³/mol. The second kappa shape index (κ2) is 8.15. The topological polar surface area (TPSA) is 57.7 Å². The third-order valence-electron chi connectivity index (χ3n) is 6.63. The van der Waals surface area contributed by atoms with Gasteiger partial charge in [0.25, 0.3) is 0 Å². The van der Waals surface area contributed by atoms with Gasteiger partial charge in [-0.3, -0.25) is 4.79 Å². The third-order valence-corrected chi connectivity index (χ3v) is 8.52. The highest BCUT2D eigenvalue weighted by Gasteiger charge is 2.35. The van der Waals surface area contributed by atoms with Crippen molar-refractivity contribution < 1.29 is 13.2 Å². The molecule has 2 aliphatic carbocycles. The van der Waals surface area contributed by atoms with Crippen LogP contribution in [0.5, 0.6) is 0 Å². The predicted octanol–water partition coefficient (Wildman–Crippen LogP) is 3.22. The van der Waals surface area contributed by atoms with E-state index >= 15 is 0 Å². The van der Waals surface area contributed by atoms with E-state index in [0.29, 0.717) is 36.7 Å². The molecule has 1 saturated carbocycles. The quantitative estimate of drug-likeness (QED) is 0.731. The first kappa shape index (κ1) is 19.9. The van der Waals surface area contributed by atoms with Crippen molar-refractivity contribution in [3.05, 3.63) is 29.3 Å². The van der Waals surface area contributed by atoms with Crippen LogP contribution in [0.4, 0.5) is 0 Å². The summed E-state index contributed by atoms with van der Waals surface area (Å²) in [4.78, 5) is 15.2. The first-order valence-corrected chi connectivity index (χ1v) is 12.3. The molecular weight excluding hydrogens is 372 g/mol. The number of carbonyl (C=O) groups is 1. The molecule has 0 unspecified atom stereocenters. The molecule has 5 nitrogen and oxygen atoms in total. The molecule has 2 fully saturated rings. The Kier molecular flexibility index (Phi) is 5.79. The second-order valence-electron chi connectivity index (χ2n) is 8.64. The molecule has 0 spiro atoms. The average molecular weight is 405 g/mol. The van der Waals surface area contributed by atoms with Gasteiger partial charge in [-0.2, -0.15) is 4.31 Å². The Labute approximate surface area is 169 Å². The first-order valence-electron chi connectivity index (χ1n) is 10.9. The SMILES string of the molecule is CCN(CC1CC1)C(=O)C1CCN(S(=O)(=O)c2ccc3c(c2)CCCC3)CC1. The van der Waals surface area contributed by atoms with E-state index in [0.717, 1.165) is 32.4 Å². The minimum atomic E-state index is -3.47. The van der Waals surface area contributed by atoms with Crippen LogP contribution < -0.4 is 0 Å². The monoisotopic (exact) mass is 404 g/mol. The summed E-state index contributed by atoms with van der Waals surface area (Å²) in [6, 6.07) is 5.65. The number of aryl methyl sites for hydroxylation is 2. The summed E-state index contributed by atoms with van der Waals surface area (Å²) in [6.45, 7) is 4.55. The summed E-state index contributed by atoms with van der Waals surface area (Å²) >= 11 is 0. The standard InChI is InChI=1S/C22H32N2O3S/c1-2-23(16-17-7-8-17)22(25)19-11-13-24(14-12-19)28(26,27)21-10-9-18-5-3-4-6-20(18)15-21/h9-10,15,17,19H,2-8,11-14,16H2,1H3. The van der Waals surface area contributed by atoms with Crippen molar-refractivity contribution in [3.8, 4) is 0 Å². The van der Waals surface area contributed by atoms with E-state index < -0.39 is 10.0 Å². The van der Waals surface area contributed by atoms with Crippen LogP contribution in [0.1, 0.15) is 56.6 Å². The number of carbonyl (C=O) groups excluding carboxylic acids is 1. The molecule has 1 saturated heterocycles. The van der Waals surface area contributed by atoms with E-state index in [1.807, 2.05) is 24.0 Å². The van der Waals surface area contributed by atoms with Crippen LogP contribution in [-0.4, -0.2) is 49.7 Å². The minimum absolute atomic E-state index is 0.0336. The zero-order chi connectivity index (χ0) is 19.7. The van der Waals surface area contributed by atoms with Gasteiger partial charge in [-0.05, 0) is 87.5 Å². The molecule has 1 heterocycles. The number of rotatable bonds is 6. The molecular formula is C22H32N2O3S. The molecule has 0 N–H and O–H groups in total. The Morgan fingerprint density at radius 2 is 1.75 bits per heavy atom. The molecule has 154 valence electrons. The Balaban J connectivity index is 1.40. The Bertz CT molecular complexity index is 824. The fourth-order valence-electron chi connectivity index (χ4n) is 4.61. The number of hydrogen-bond acceptors (Lipinski definition) is 3. The van der Waals surface area contributed by atoms with Gasteiger partial charge in [-0.15, -0.1) is 0 Å².